The molecule has 2 nitrogen and oxygen atoms in total. The maximum Gasteiger partial charge on any atom is 0.252 e. The Balaban J connectivity index is 2.69. The van der Waals surface area contributed by atoms with Gasteiger partial charge in [-0.2, -0.15) is 0 Å². The van der Waals surface area contributed by atoms with Gasteiger partial charge in [-0.25, -0.2) is 0 Å². The molecular weight excluding hydrogens is 337 g/mol. The average Bonchev–Trinajstić information content (AvgIpc) is 2.29. The molecule has 0 atom stereocenters. The summed E-state index contributed by atoms with van der Waals surface area (Å²) in [5.74, 6) is -0.190. The maximum absolute atomic E-state index is 12.0. The lowest BCUT2D eigenvalue weighted by Crippen LogP contribution is -2.34. The first kappa shape index (κ1) is 15.8. The van der Waals surface area contributed by atoms with Crippen LogP contribution in [0.2, 0.25) is 10.0 Å². The summed E-state index contributed by atoms with van der Waals surface area (Å²) in [5.41, 5.74) is 0.461. The van der Waals surface area contributed by atoms with Crippen LogP contribution in [0.15, 0.2) is 18.2 Å². The molecule has 0 heterocycles. The summed E-state index contributed by atoms with van der Waals surface area (Å²) in [4.78, 5) is 12.0. The Bertz CT molecular complexity index is 435. The first-order chi connectivity index (χ1) is 8.35. The fourth-order valence-electron chi connectivity index (χ4n) is 1.43. The predicted octanol–water partition coefficient (Wildman–Crippen LogP) is 4.53. The molecule has 1 aromatic carbocycles. The van der Waals surface area contributed by atoms with Crippen molar-refractivity contribution in [3.63, 3.8) is 0 Å². The summed E-state index contributed by atoms with van der Waals surface area (Å²) in [5, 5.41) is 4.72. The second-order valence-electron chi connectivity index (χ2n) is 4.91. The van der Waals surface area contributed by atoms with E-state index in [4.69, 9.17) is 23.2 Å². The zero-order chi connectivity index (χ0) is 13.8. The van der Waals surface area contributed by atoms with E-state index in [1.807, 2.05) is 0 Å². The molecule has 0 radical (unpaired) electrons. The summed E-state index contributed by atoms with van der Waals surface area (Å²) in [6, 6.07) is 4.87. The number of carbonyl (C=O) groups is 1. The molecule has 1 amide bonds. The molecule has 0 fully saturated rings. The zero-order valence-electron chi connectivity index (χ0n) is 10.4. The van der Waals surface area contributed by atoms with Gasteiger partial charge >= 0.3 is 0 Å². The van der Waals surface area contributed by atoms with Crippen molar-refractivity contribution in [2.45, 2.75) is 20.3 Å². The number of amides is 1. The molecule has 18 heavy (non-hydrogen) atoms. The lowest BCUT2D eigenvalue weighted by Gasteiger charge is -2.24. The van der Waals surface area contributed by atoms with Crippen molar-refractivity contribution in [2.75, 3.05) is 11.9 Å². The number of carbonyl (C=O) groups excluding carboxylic acids is 1. The minimum absolute atomic E-state index is 0.0458. The second kappa shape index (κ2) is 6.78. The SMILES string of the molecule is CC(C)(CCBr)CNC(=O)c1cc(Cl)ccc1Cl. The van der Waals surface area contributed by atoms with E-state index in [0.717, 1.165) is 11.8 Å². The van der Waals surface area contributed by atoms with Crippen LogP contribution < -0.4 is 5.32 Å². The standard InChI is InChI=1S/C13H16BrCl2NO/c1-13(2,5-6-14)8-17-12(18)10-7-9(15)3-4-11(10)16/h3-4,7H,5-6,8H2,1-2H3,(H,17,18). The highest BCUT2D eigenvalue weighted by molar-refractivity contribution is 9.09. The number of hydrogen-bond acceptors (Lipinski definition) is 1. The van der Waals surface area contributed by atoms with Gasteiger partial charge in [-0.05, 0) is 30.0 Å². The maximum atomic E-state index is 12.0. The van der Waals surface area contributed by atoms with Gasteiger partial charge < -0.3 is 5.32 Å². The molecule has 0 aliphatic carbocycles. The van der Waals surface area contributed by atoms with Gasteiger partial charge in [0.15, 0.2) is 0 Å². The highest BCUT2D eigenvalue weighted by Gasteiger charge is 2.19. The van der Waals surface area contributed by atoms with Crippen LogP contribution in [0.5, 0.6) is 0 Å². The molecule has 1 rings (SSSR count). The van der Waals surface area contributed by atoms with Gasteiger partial charge in [0.2, 0.25) is 0 Å². The Kier molecular flexibility index (Phi) is 5.96. The quantitative estimate of drug-likeness (QED) is 0.774. The van der Waals surface area contributed by atoms with Crippen molar-refractivity contribution in [2.24, 2.45) is 5.41 Å². The minimum Gasteiger partial charge on any atom is -0.351 e. The lowest BCUT2D eigenvalue weighted by atomic mass is 9.90. The van der Waals surface area contributed by atoms with Gasteiger partial charge in [-0.1, -0.05) is 53.0 Å². The molecule has 0 aliphatic rings. The number of halogens is 3. The fraction of sp³-hybridized carbons (Fsp3) is 0.462. The molecule has 1 aromatic rings. The van der Waals surface area contributed by atoms with Crippen molar-refractivity contribution >= 4 is 45.0 Å². The molecule has 100 valence electrons. The second-order valence-corrected chi connectivity index (χ2v) is 6.55. The monoisotopic (exact) mass is 351 g/mol. The van der Waals surface area contributed by atoms with Crippen LogP contribution in [-0.4, -0.2) is 17.8 Å². The van der Waals surface area contributed by atoms with Crippen LogP contribution in [0.4, 0.5) is 0 Å². The van der Waals surface area contributed by atoms with E-state index >= 15 is 0 Å². The first-order valence-corrected chi connectivity index (χ1v) is 7.53. The third kappa shape index (κ3) is 4.79. The van der Waals surface area contributed by atoms with E-state index in [1.165, 1.54) is 0 Å². The number of nitrogens with one attached hydrogen (secondary N) is 1. The van der Waals surface area contributed by atoms with Crippen LogP contribution in [0.25, 0.3) is 0 Å². The molecular formula is C13H16BrCl2NO. The van der Waals surface area contributed by atoms with E-state index in [-0.39, 0.29) is 11.3 Å². The van der Waals surface area contributed by atoms with Gasteiger partial charge in [0.1, 0.15) is 0 Å². The van der Waals surface area contributed by atoms with E-state index in [0.29, 0.717) is 22.2 Å². The Morgan fingerprint density at radius 2 is 2.06 bits per heavy atom. The third-order valence-corrected chi connectivity index (χ3v) is 3.63. The molecule has 0 bridgehead atoms. The van der Waals surface area contributed by atoms with Crippen LogP contribution in [0.1, 0.15) is 30.6 Å². The van der Waals surface area contributed by atoms with Gasteiger partial charge in [0, 0.05) is 16.9 Å². The largest absolute Gasteiger partial charge is 0.351 e. The summed E-state index contributed by atoms with van der Waals surface area (Å²) < 4.78 is 0. The van der Waals surface area contributed by atoms with Crippen LogP contribution in [0, 0.1) is 5.41 Å². The molecule has 0 spiro atoms. The lowest BCUT2D eigenvalue weighted by molar-refractivity contribution is 0.0936. The van der Waals surface area contributed by atoms with Crippen molar-refractivity contribution in [1.29, 1.82) is 0 Å². The Labute approximate surface area is 126 Å². The van der Waals surface area contributed by atoms with Crippen LogP contribution in [0.3, 0.4) is 0 Å². The summed E-state index contributed by atoms with van der Waals surface area (Å²) in [6.45, 7) is 4.81. The van der Waals surface area contributed by atoms with Crippen LogP contribution >= 0.6 is 39.1 Å². The minimum atomic E-state index is -0.190. The van der Waals surface area contributed by atoms with E-state index < -0.39 is 0 Å². The van der Waals surface area contributed by atoms with Gasteiger partial charge in [0.05, 0.1) is 10.6 Å². The third-order valence-electron chi connectivity index (χ3n) is 2.67. The zero-order valence-corrected chi connectivity index (χ0v) is 13.5. The number of alkyl halides is 1. The molecule has 0 unspecified atom stereocenters. The van der Waals surface area contributed by atoms with Gasteiger partial charge in [0.25, 0.3) is 5.91 Å². The van der Waals surface area contributed by atoms with E-state index in [2.05, 4.69) is 35.1 Å². The number of rotatable bonds is 5. The van der Waals surface area contributed by atoms with Crippen molar-refractivity contribution in [3.05, 3.63) is 33.8 Å². The molecule has 0 saturated heterocycles. The highest BCUT2D eigenvalue weighted by Crippen LogP contribution is 2.22. The molecule has 1 N–H and O–H groups in total. The normalized spacial score (nSPS) is 11.4. The number of hydrogen-bond donors (Lipinski definition) is 1. The van der Waals surface area contributed by atoms with Crippen molar-refractivity contribution < 1.29 is 4.79 Å². The molecule has 0 aromatic heterocycles. The average molecular weight is 353 g/mol. The fourth-order valence-corrected chi connectivity index (χ4v) is 2.88. The van der Waals surface area contributed by atoms with E-state index in [9.17, 15) is 4.79 Å². The Hall–Kier alpha value is -0.250. The van der Waals surface area contributed by atoms with Crippen molar-refractivity contribution in [1.82, 2.24) is 5.32 Å². The summed E-state index contributed by atoms with van der Waals surface area (Å²) in [6.07, 6.45) is 0.983. The van der Waals surface area contributed by atoms with Crippen molar-refractivity contribution in [3.8, 4) is 0 Å². The Morgan fingerprint density at radius 3 is 2.67 bits per heavy atom. The smallest absolute Gasteiger partial charge is 0.252 e. The predicted molar refractivity (Wildman–Crippen MR) is 81.0 cm³/mol. The first-order valence-electron chi connectivity index (χ1n) is 5.65. The van der Waals surface area contributed by atoms with Gasteiger partial charge in [-0.3, -0.25) is 4.79 Å². The molecule has 5 heteroatoms. The molecule has 0 saturated carbocycles. The van der Waals surface area contributed by atoms with Crippen LogP contribution in [-0.2, 0) is 0 Å². The van der Waals surface area contributed by atoms with Gasteiger partial charge in [-0.15, -0.1) is 0 Å². The summed E-state index contributed by atoms with van der Waals surface area (Å²) >= 11 is 15.2. The Morgan fingerprint density at radius 1 is 1.39 bits per heavy atom. The van der Waals surface area contributed by atoms with E-state index in [1.54, 1.807) is 18.2 Å². The topological polar surface area (TPSA) is 29.1 Å². The summed E-state index contributed by atoms with van der Waals surface area (Å²) in [7, 11) is 0. The molecule has 0 aliphatic heterocycles. The highest BCUT2D eigenvalue weighted by atomic mass is 79.9. The number of benzene rings is 1.